The van der Waals surface area contributed by atoms with Crippen molar-refractivity contribution in [1.29, 1.82) is 5.26 Å². The van der Waals surface area contributed by atoms with Crippen molar-refractivity contribution in [2.75, 3.05) is 53.0 Å². The highest BCUT2D eigenvalue weighted by molar-refractivity contribution is 6.00. The van der Waals surface area contributed by atoms with Crippen LogP contribution in [0.1, 0.15) is 85.9 Å². The lowest BCUT2D eigenvalue weighted by Gasteiger charge is -2.32. The van der Waals surface area contributed by atoms with Crippen LogP contribution in [0.2, 0.25) is 0 Å². The summed E-state index contributed by atoms with van der Waals surface area (Å²) in [5.74, 6) is -1.48. The summed E-state index contributed by atoms with van der Waals surface area (Å²) in [4.78, 5) is 81.2. The van der Waals surface area contributed by atoms with E-state index in [2.05, 4.69) is 52.0 Å². The zero-order chi connectivity index (χ0) is 51.1. The van der Waals surface area contributed by atoms with E-state index in [0.717, 1.165) is 24.2 Å². The standard InChI is InChI=1S/C51H67N11O8/c1-30-43(31(2)58-45(57-30)34-10-13-36(14-11-34)68-24-8-18-51(4,5)6)48(65)60-39(17-19-52)50(67)62(7)44-35-12-16-42(70-26-22-55)38(29-35)37-27-33(9-15-41(37)69-25-21-54)28-40(47(64)56-23-20-53)61-46(63)32(3)59-49(44)66/h9-16,27,29,32,39-40,44H,8,17-19,21-26,28,52,54-55H2,1-7H3,(H,56,64)(H,59,66)(H,60,65)(H,61,63)/t32-,39?,40-,44-/m0/s1. The minimum atomic E-state index is -1.41. The molecular weight excluding hydrogens is 895 g/mol. The second kappa shape index (κ2) is 24.9. The Bertz CT molecular complexity index is 2520. The van der Waals surface area contributed by atoms with Crippen LogP contribution in [-0.4, -0.2) is 116 Å². The van der Waals surface area contributed by atoms with Gasteiger partial charge in [-0.1, -0.05) is 32.9 Å². The number of carbonyl (C=O) groups is 5. The van der Waals surface area contributed by atoms with E-state index in [1.165, 1.54) is 18.9 Å². The minimum Gasteiger partial charge on any atom is -0.494 e. The molecule has 0 fully saturated rings. The Morgan fingerprint density at radius 1 is 0.857 bits per heavy atom. The number of ether oxygens (including phenoxy) is 3. The van der Waals surface area contributed by atoms with Gasteiger partial charge in [-0.25, -0.2) is 9.97 Å². The van der Waals surface area contributed by atoms with Crippen LogP contribution in [0.5, 0.6) is 17.2 Å². The number of hydrogen-bond donors (Lipinski definition) is 7. The molecule has 10 N–H and O–H groups in total. The lowest BCUT2D eigenvalue weighted by Crippen LogP contribution is -2.56. The first kappa shape index (κ1) is 53.8. The molecule has 5 rings (SSSR count). The molecule has 0 radical (unpaired) electrons. The second-order valence-electron chi connectivity index (χ2n) is 18.3. The summed E-state index contributed by atoms with van der Waals surface area (Å²) in [6.07, 6.45) is 1.96. The summed E-state index contributed by atoms with van der Waals surface area (Å²) in [5.41, 5.74) is 21.5. The Morgan fingerprint density at radius 3 is 2.09 bits per heavy atom. The average molecular weight is 962 g/mol. The third kappa shape index (κ3) is 14.2. The van der Waals surface area contributed by atoms with Crippen LogP contribution in [0.3, 0.4) is 0 Å². The van der Waals surface area contributed by atoms with Crippen molar-refractivity contribution >= 4 is 29.5 Å². The Hall–Kier alpha value is -7.14. The molecule has 1 aliphatic rings. The van der Waals surface area contributed by atoms with Crippen LogP contribution < -0.4 is 52.7 Å². The highest BCUT2D eigenvalue weighted by atomic mass is 16.5. The molecule has 70 heavy (non-hydrogen) atoms. The molecule has 2 heterocycles. The van der Waals surface area contributed by atoms with Crippen LogP contribution in [-0.2, 0) is 25.6 Å². The fraction of sp³-hybridized carbons (Fsp3) is 0.451. The number of hydrogen-bond acceptors (Lipinski definition) is 14. The van der Waals surface area contributed by atoms with Gasteiger partial charge in [0.25, 0.3) is 5.91 Å². The van der Waals surface area contributed by atoms with Gasteiger partial charge in [-0.3, -0.25) is 24.0 Å². The number of amides is 5. The van der Waals surface area contributed by atoms with Gasteiger partial charge >= 0.3 is 0 Å². The molecule has 1 unspecified atom stereocenters. The molecule has 19 heteroatoms. The predicted octanol–water partition coefficient (Wildman–Crippen LogP) is 3.14. The van der Waals surface area contributed by atoms with Crippen molar-refractivity contribution in [3.63, 3.8) is 0 Å². The summed E-state index contributed by atoms with van der Waals surface area (Å²) in [6, 6.07) is 14.4. The number of likely N-dealkylation sites (N-methyl/N-ethyl adjacent to an activating group) is 1. The van der Waals surface area contributed by atoms with Crippen LogP contribution >= 0.6 is 0 Å². The molecule has 0 aliphatic carbocycles. The fourth-order valence-electron chi connectivity index (χ4n) is 8.03. The van der Waals surface area contributed by atoms with Crippen LogP contribution in [0.15, 0.2) is 60.7 Å². The molecule has 19 nitrogen and oxygen atoms in total. The number of nitrogens with zero attached hydrogens (tertiary/aromatic N) is 4. The summed E-state index contributed by atoms with van der Waals surface area (Å²) in [7, 11) is 1.41. The lowest BCUT2D eigenvalue weighted by atomic mass is 9.91. The van der Waals surface area contributed by atoms with Gasteiger partial charge in [0, 0.05) is 43.2 Å². The van der Waals surface area contributed by atoms with Crippen LogP contribution in [0, 0.1) is 30.6 Å². The molecule has 4 bridgehead atoms. The van der Waals surface area contributed by atoms with Crippen molar-refractivity contribution < 1.29 is 38.2 Å². The topological polar surface area (TPSA) is 292 Å². The summed E-state index contributed by atoms with van der Waals surface area (Å²) >= 11 is 0. The first-order valence-electron chi connectivity index (χ1n) is 23.4. The normalized spacial score (nSPS) is 16.3. The first-order valence-corrected chi connectivity index (χ1v) is 23.4. The predicted molar refractivity (Wildman–Crippen MR) is 264 cm³/mol. The number of benzene rings is 3. The number of aryl methyl sites for hydroxylation is 2. The van der Waals surface area contributed by atoms with Gasteiger partial charge in [-0.15, -0.1) is 0 Å². The van der Waals surface area contributed by atoms with Gasteiger partial charge in [-0.2, -0.15) is 5.26 Å². The number of nitriles is 1. The quantitative estimate of drug-likeness (QED) is 0.0525. The average Bonchev–Trinajstić information content (AvgIpc) is 3.32. The van der Waals surface area contributed by atoms with E-state index in [-0.39, 0.29) is 63.2 Å². The zero-order valence-corrected chi connectivity index (χ0v) is 41.1. The first-order chi connectivity index (χ1) is 33.4. The van der Waals surface area contributed by atoms with Crippen molar-refractivity contribution in [3.8, 4) is 45.8 Å². The molecule has 374 valence electrons. The van der Waals surface area contributed by atoms with Gasteiger partial charge in [0.1, 0.15) is 61.2 Å². The van der Waals surface area contributed by atoms with E-state index in [0.29, 0.717) is 57.6 Å². The molecule has 5 amide bonds. The monoisotopic (exact) mass is 962 g/mol. The maximum Gasteiger partial charge on any atom is 0.255 e. The Labute approximate surface area is 409 Å². The summed E-state index contributed by atoms with van der Waals surface area (Å²) in [6.45, 7) is 12.3. The molecule has 1 aliphatic heterocycles. The van der Waals surface area contributed by atoms with Crippen molar-refractivity contribution in [1.82, 2.24) is 36.1 Å². The Morgan fingerprint density at radius 2 is 1.49 bits per heavy atom. The molecule has 0 saturated carbocycles. The van der Waals surface area contributed by atoms with E-state index in [1.54, 1.807) is 50.2 Å². The number of aromatic nitrogens is 2. The van der Waals surface area contributed by atoms with Gasteiger partial charge in [-0.05, 0) is 112 Å². The van der Waals surface area contributed by atoms with E-state index in [9.17, 15) is 29.2 Å². The minimum absolute atomic E-state index is 0.00211. The van der Waals surface area contributed by atoms with E-state index < -0.39 is 53.7 Å². The third-order valence-electron chi connectivity index (χ3n) is 11.6. The van der Waals surface area contributed by atoms with Gasteiger partial charge in [0.15, 0.2) is 5.82 Å². The highest BCUT2D eigenvalue weighted by Crippen LogP contribution is 2.40. The zero-order valence-electron chi connectivity index (χ0n) is 41.1. The van der Waals surface area contributed by atoms with Gasteiger partial charge in [0.05, 0.1) is 29.6 Å². The summed E-state index contributed by atoms with van der Waals surface area (Å²) < 4.78 is 18.1. The molecule has 4 atom stereocenters. The van der Waals surface area contributed by atoms with E-state index in [4.69, 9.17) is 31.4 Å². The van der Waals surface area contributed by atoms with Gasteiger partial charge in [0.2, 0.25) is 23.6 Å². The number of nitrogens with one attached hydrogen (secondary N) is 4. The van der Waals surface area contributed by atoms with Crippen molar-refractivity contribution in [3.05, 3.63) is 88.7 Å². The number of rotatable bonds is 19. The Kier molecular flexibility index (Phi) is 19.2. The van der Waals surface area contributed by atoms with Gasteiger partial charge < -0.3 is 57.6 Å². The fourth-order valence-corrected chi connectivity index (χ4v) is 8.03. The third-order valence-corrected chi connectivity index (χ3v) is 11.6. The lowest BCUT2D eigenvalue weighted by molar-refractivity contribution is -0.141. The maximum atomic E-state index is 14.8. The molecular formula is C51H67N11O8. The molecule has 4 aromatic rings. The summed E-state index contributed by atoms with van der Waals surface area (Å²) in [5, 5.41) is 19.9. The van der Waals surface area contributed by atoms with E-state index >= 15 is 0 Å². The van der Waals surface area contributed by atoms with Crippen molar-refractivity contribution in [2.45, 2.75) is 91.4 Å². The molecule has 0 spiro atoms. The Balaban J connectivity index is 1.50. The van der Waals surface area contributed by atoms with E-state index in [1.807, 2.05) is 30.3 Å². The smallest absolute Gasteiger partial charge is 0.255 e. The molecule has 1 aromatic heterocycles. The SMILES string of the molecule is Cc1nc(-c2ccc(OCCCC(C)(C)C)cc2)nc(C)c1C(=O)NC(CCN)C(=O)N(C)[C@@H]1C(=O)N[C@@H](C)C(=O)N[C@H](C(=O)NCC#N)Cc2ccc(OCCN)c(c2)-c2cc1ccc2OCCN. The molecule has 3 aromatic carbocycles. The largest absolute Gasteiger partial charge is 0.494 e. The number of fused-ring (bicyclic) bond motifs is 5. The van der Waals surface area contributed by atoms with Crippen molar-refractivity contribution in [2.24, 2.45) is 22.6 Å². The molecule has 0 saturated heterocycles. The van der Waals surface area contributed by atoms with Crippen LogP contribution in [0.25, 0.3) is 22.5 Å². The van der Waals surface area contributed by atoms with Crippen LogP contribution in [0.4, 0.5) is 0 Å². The number of nitrogens with two attached hydrogens (primary N) is 3. The number of carbonyl (C=O) groups excluding carboxylic acids is 5. The highest BCUT2D eigenvalue weighted by Gasteiger charge is 2.36. The second-order valence-corrected chi connectivity index (χ2v) is 18.3. The maximum absolute atomic E-state index is 14.8.